The third kappa shape index (κ3) is 4.29. The Morgan fingerprint density at radius 3 is 2.75 bits per heavy atom. The van der Waals surface area contributed by atoms with Gasteiger partial charge in [-0.15, -0.1) is 0 Å². The quantitative estimate of drug-likeness (QED) is 0.764. The molecule has 1 aromatic carbocycles. The molecule has 0 saturated carbocycles. The summed E-state index contributed by atoms with van der Waals surface area (Å²) in [6.07, 6.45) is 0.865. The predicted molar refractivity (Wildman–Crippen MR) is 85.7 cm³/mol. The van der Waals surface area contributed by atoms with Gasteiger partial charge in [-0.25, -0.2) is 0 Å². The molecule has 2 rings (SSSR count). The zero-order valence-electron chi connectivity index (χ0n) is 10.5. The van der Waals surface area contributed by atoms with Crippen LogP contribution in [-0.4, -0.2) is 21.6 Å². The number of hydrogen-bond donors (Lipinski definition) is 1. The van der Waals surface area contributed by atoms with Crippen LogP contribution in [0.3, 0.4) is 0 Å². The van der Waals surface area contributed by atoms with Crippen molar-refractivity contribution in [1.29, 1.82) is 0 Å². The highest BCUT2D eigenvalue weighted by Crippen LogP contribution is 2.28. The van der Waals surface area contributed by atoms with E-state index in [4.69, 9.17) is 16.3 Å². The molecular weight excluding hydrogens is 411 g/mol. The van der Waals surface area contributed by atoms with E-state index in [0.717, 1.165) is 21.1 Å². The van der Waals surface area contributed by atoms with E-state index in [2.05, 4.69) is 52.1 Å². The van der Waals surface area contributed by atoms with Crippen molar-refractivity contribution in [1.82, 2.24) is 15.0 Å². The maximum atomic E-state index is 5.86. The topological polar surface area (TPSA) is 59.9 Å². The van der Waals surface area contributed by atoms with Gasteiger partial charge < -0.3 is 10.1 Å². The molecule has 0 aliphatic heterocycles. The van der Waals surface area contributed by atoms with Crippen LogP contribution >= 0.6 is 43.5 Å². The Labute approximate surface area is 138 Å². The van der Waals surface area contributed by atoms with E-state index in [1.54, 1.807) is 0 Å². The summed E-state index contributed by atoms with van der Waals surface area (Å²) in [4.78, 5) is 12.1. The standard InChI is InChI=1S/C12H11Br2ClN4O/c1-2-5-20-12-18-10(15)17-11(19-12)16-9-4-3-7(13)6-8(9)14/h3-4,6H,2,5H2,1H3,(H,16,17,18,19). The Morgan fingerprint density at radius 2 is 2.05 bits per heavy atom. The minimum absolute atomic E-state index is 0.0850. The van der Waals surface area contributed by atoms with Crippen LogP contribution in [0.15, 0.2) is 27.1 Å². The number of halogens is 3. The van der Waals surface area contributed by atoms with E-state index in [9.17, 15) is 0 Å². The van der Waals surface area contributed by atoms with Crippen LogP contribution < -0.4 is 10.1 Å². The van der Waals surface area contributed by atoms with Gasteiger partial charge in [0.25, 0.3) is 0 Å². The molecule has 1 N–H and O–H groups in total. The molecule has 2 aromatic rings. The van der Waals surface area contributed by atoms with Gasteiger partial charge in [-0.3, -0.25) is 0 Å². The largest absolute Gasteiger partial charge is 0.463 e. The van der Waals surface area contributed by atoms with Crippen LogP contribution in [0.1, 0.15) is 13.3 Å². The molecule has 5 nitrogen and oxygen atoms in total. The third-order valence-electron chi connectivity index (χ3n) is 2.20. The van der Waals surface area contributed by atoms with E-state index < -0.39 is 0 Å². The summed E-state index contributed by atoms with van der Waals surface area (Å²) in [6.45, 7) is 2.53. The van der Waals surface area contributed by atoms with Gasteiger partial charge >= 0.3 is 6.01 Å². The molecule has 0 radical (unpaired) electrons. The highest BCUT2D eigenvalue weighted by molar-refractivity contribution is 9.11. The van der Waals surface area contributed by atoms with E-state index in [0.29, 0.717) is 12.6 Å². The van der Waals surface area contributed by atoms with E-state index in [1.165, 1.54) is 0 Å². The van der Waals surface area contributed by atoms with Crippen molar-refractivity contribution in [2.24, 2.45) is 0 Å². The van der Waals surface area contributed by atoms with E-state index >= 15 is 0 Å². The molecule has 0 fully saturated rings. The van der Waals surface area contributed by atoms with Gasteiger partial charge in [0, 0.05) is 8.95 Å². The molecule has 0 aliphatic carbocycles. The van der Waals surface area contributed by atoms with Crippen molar-refractivity contribution in [2.45, 2.75) is 13.3 Å². The number of hydrogen-bond acceptors (Lipinski definition) is 5. The zero-order valence-corrected chi connectivity index (χ0v) is 14.5. The molecule has 0 saturated heterocycles. The Kier molecular flexibility index (Phi) is 5.56. The molecule has 20 heavy (non-hydrogen) atoms. The summed E-state index contributed by atoms with van der Waals surface area (Å²) >= 11 is 12.7. The van der Waals surface area contributed by atoms with Gasteiger partial charge in [0.05, 0.1) is 12.3 Å². The molecule has 0 unspecified atom stereocenters. The van der Waals surface area contributed by atoms with Crippen molar-refractivity contribution in [3.05, 3.63) is 32.4 Å². The first-order chi connectivity index (χ1) is 9.58. The summed E-state index contributed by atoms with van der Waals surface area (Å²) < 4.78 is 7.20. The van der Waals surface area contributed by atoms with Crippen LogP contribution in [-0.2, 0) is 0 Å². The SMILES string of the molecule is CCCOc1nc(Cl)nc(Nc2ccc(Br)cc2Br)n1. The lowest BCUT2D eigenvalue weighted by Crippen LogP contribution is -2.05. The number of benzene rings is 1. The molecule has 1 aromatic heterocycles. The Balaban J connectivity index is 2.21. The lowest BCUT2D eigenvalue weighted by molar-refractivity contribution is 0.292. The minimum Gasteiger partial charge on any atom is -0.463 e. The summed E-state index contributed by atoms with van der Waals surface area (Å²) in [5.41, 5.74) is 0.817. The number of anilines is 2. The van der Waals surface area contributed by atoms with Crippen molar-refractivity contribution < 1.29 is 4.74 Å². The highest BCUT2D eigenvalue weighted by Gasteiger charge is 2.08. The first kappa shape index (κ1) is 15.5. The fourth-order valence-electron chi connectivity index (χ4n) is 1.36. The first-order valence-corrected chi connectivity index (χ1v) is 7.81. The molecule has 0 spiro atoms. The minimum atomic E-state index is 0.0850. The Morgan fingerprint density at radius 1 is 1.25 bits per heavy atom. The lowest BCUT2D eigenvalue weighted by atomic mass is 10.3. The van der Waals surface area contributed by atoms with E-state index in [-0.39, 0.29) is 11.3 Å². The molecule has 0 bridgehead atoms. The average Bonchev–Trinajstić information content (AvgIpc) is 2.39. The summed E-state index contributed by atoms with van der Waals surface area (Å²) in [5.74, 6) is 0.333. The number of rotatable bonds is 5. The summed E-state index contributed by atoms with van der Waals surface area (Å²) in [5, 5.41) is 3.15. The number of aromatic nitrogens is 3. The molecule has 0 atom stereocenters. The number of nitrogens with one attached hydrogen (secondary N) is 1. The van der Waals surface area contributed by atoms with Gasteiger partial charge in [0.15, 0.2) is 0 Å². The van der Waals surface area contributed by atoms with E-state index in [1.807, 2.05) is 25.1 Å². The van der Waals surface area contributed by atoms with Crippen molar-refractivity contribution in [2.75, 3.05) is 11.9 Å². The molecular formula is C12H11Br2ClN4O. The Hall–Kier alpha value is -0.920. The van der Waals surface area contributed by atoms with Crippen molar-refractivity contribution >= 4 is 55.1 Å². The van der Waals surface area contributed by atoms with Crippen LogP contribution in [0.4, 0.5) is 11.6 Å². The number of ether oxygens (including phenoxy) is 1. The summed E-state index contributed by atoms with van der Waals surface area (Å²) in [6, 6.07) is 5.92. The molecule has 0 aliphatic rings. The smallest absolute Gasteiger partial charge is 0.322 e. The second kappa shape index (κ2) is 7.19. The van der Waals surface area contributed by atoms with Crippen LogP contribution in [0.25, 0.3) is 0 Å². The first-order valence-electron chi connectivity index (χ1n) is 5.85. The lowest BCUT2D eigenvalue weighted by Gasteiger charge is -2.09. The van der Waals surface area contributed by atoms with Crippen molar-refractivity contribution in [3.63, 3.8) is 0 Å². The average molecular weight is 423 g/mol. The van der Waals surface area contributed by atoms with Crippen LogP contribution in [0.5, 0.6) is 6.01 Å². The molecule has 1 heterocycles. The maximum Gasteiger partial charge on any atom is 0.322 e. The van der Waals surface area contributed by atoms with Gasteiger partial charge in [-0.1, -0.05) is 22.9 Å². The second-order valence-corrected chi connectivity index (χ2v) is 5.92. The van der Waals surface area contributed by atoms with Gasteiger partial charge in [-0.2, -0.15) is 15.0 Å². The molecule has 106 valence electrons. The highest BCUT2D eigenvalue weighted by atomic mass is 79.9. The fraction of sp³-hybridized carbons (Fsp3) is 0.250. The van der Waals surface area contributed by atoms with Gasteiger partial charge in [-0.05, 0) is 52.2 Å². The van der Waals surface area contributed by atoms with Crippen LogP contribution in [0.2, 0.25) is 5.28 Å². The van der Waals surface area contributed by atoms with Crippen LogP contribution in [0, 0.1) is 0 Å². The molecule has 8 heteroatoms. The fourth-order valence-corrected chi connectivity index (χ4v) is 2.66. The second-order valence-electron chi connectivity index (χ2n) is 3.81. The van der Waals surface area contributed by atoms with Gasteiger partial charge in [0.1, 0.15) is 0 Å². The Bertz CT molecular complexity index is 612. The molecule has 0 amide bonds. The predicted octanol–water partition coefficient (Wildman–Crippen LogP) is 4.58. The maximum absolute atomic E-state index is 5.86. The monoisotopic (exact) mass is 420 g/mol. The normalized spacial score (nSPS) is 10.4. The van der Waals surface area contributed by atoms with Crippen molar-refractivity contribution in [3.8, 4) is 6.01 Å². The van der Waals surface area contributed by atoms with Gasteiger partial charge in [0.2, 0.25) is 11.2 Å². The summed E-state index contributed by atoms with van der Waals surface area (Å²) in [7, 11) is 0. The third-order valence-corrected chi connectivity index (χ3v) is 3.52. The zero-order chi connectivity index (χ0) is 14.5. The number of nitrogens with zero attached hydrogens (tertiary/aromatic N) is 3.